The van der Waals surface area contributed by atoms with Gasteiger partial charge in [0, 0.05) is 23.7 Å². The van der Waals surface area contributed by atoms with Gasteiger partial charge in [-0.3, -0.25) is 4.79 Å². The number of nitrogens with zero attached hydrogens (tertiary/aromatic N) is 1. The molecule has 1 rings (SSSR count). The van der Waals surface area contributed by atoms with E-state index in [0.29, 0.717) is 12.8 Å². The van der Waals surface area contributed by atoms with E-state index in [0.717, 1.165) is 5.69 Å². The summed E-state index contributed by atoms with van der Waals surface area (Å²) >= 11 is 4.47. The van der Waals surface area contributed by atoms with Crippen molar-refractivity contribution in [3.8, 4) is 0 Å². The summed E-state index contributed by atoms with van der Waals surface area (Å²) in [5.74, 6) is -0.00500. The van der Waals surface area contributed by atoms with Crippen molar-refractivity contribution in [2.24, 2.45) is 0 Å². The minimum atomic E-state index is -0.00500. The van der Waals surface area contributed by atoms with E-state index in [1.54, 1.807) is 12.5 Å². The van der Waals surface area contributed by atoms with Crippen LogP contribution >= 0.6 is 12.2 Å². The van der Waals surface area contributed by atoms with Crippen molar-refractivity contribution < 1.29 is 4.79 Å². The van der Waals surface area contributed by atoms with E-state index in [1.165, 1.54) is 5.37 Å². The van der Waals surface area contributed by atoms with Crippen molar-refractivity contribution in [2.45, 2.75) is 12.8 Å². The smallest absolute Gasteiger partial charge is 0.166 e. The first-order valence-corrected chi connectivity index (χ1v) is 3.75. The quantitative estimate of drug-likeness (QED) is 0.680. The minimum absolute atomic E-state index is 0.00500. The highest BCUT2D eigenvalue weighted by atomic mass is 32.1. The Morgan fingerprint density at radius 3 is 3.18 bits per heavy atom. The van der Waals surface area contributed by atoms with Crippen LogP contribution in [0.25, 0.3) is 0 Å². The maximum absolute atomic E-state index is 10.7. The van der Waals surface area contributed by atoms with Gasteiger partial charge in [-0.1, -0.05) is 12.2 Å². The molecule has 1 aromatic heterocycles. The third-order valence-corrected chi connectivity index (χ3v) is 1.59. The first-order valence-electron chi connectivity index (χ1n) is 3.28. The predicted molar refractivity (Wildman–Crippen MR) is 45.6 cm³/mol. The summed E-state index contributed by atoms with van der Waals surface area (Å²) in [6.45, 7) is 0. The first-order chi connectivity index (χ1) is 5.33. The fourth-order valence-corrected chi connectivity index (χ4v) is 0.856. The molecule has 0 radical (unpaired) electrons. The molecule has 0 atom stereocenters. The molecule has 0 spiro atoms. The van der Waals surface area contributed by atoms with Crippen LogP contribution in [0.5, 0.6) is 0 Å². The lowest BCUT2D eigenvalue weighted by Gasteiger charge is -1.90. The van der Waals surface area contributed by atoms with Gasteiger partial charge in [0.15, 0.2) is 5.78 Å². The molecule has 58 valence electrons. The van der Waals surface area contributed by atoms with Crippen molar-refractivity contribution >= 4 is 23.4 Å². The lowest BCUT2D eigenvalue weighted by molar-refractivity contribution is -0.112. The lowest BCUT2D eigenvalue weighted by Crippen LogP contribution is -1.99. The summed E-state index contributed by atoms with van der Waals surface area (Å²) < 4.78 is 0. The molecule has 0 fully saturated rings. The number of imidazole rings is 1. The topological polar surface area (TPSA) is 45.8 Å². The van der Waals surface area contributed by atoms with Crippen LogP contribution in [0, 0.1) is 0 Å². The maximum atomic E-state index is 10.7. The zero-order chi connectivity index (χ0) is 8.10. The van der Waals surface area contributed by atoms with Gasteiger partial charge < -0.3 is 4.98 Å². The van der Waals surface area contributed by atoms with Crippen LogP contribution in [0.2, 0.25) is 0 Å². The third kappa shape index (κ3) is 2.59. The lowest BCUT2D eigenvalue weighted by atomic mass is 10.2. The number of thiocarbonyl (C=S) groups is 1. The Balaban J connectivity index is 2.34. The zero-order valence-corrected chi connectivity index (χ0v) is 6.73. The summed E-state index contributed by atoms with van der Waals surface area (Å²) in [4.78, 5) is 17.4. The molecule has 0 amide bonds. The van der Waals surface area contributed by atoms with Gasteiger partial charge in [-0.05, 0) is 6.42 Å². The second kappa shape index (κ2) is 3.98. The van der Waals surface area contributed by atoms with Crippen LogP contribution in [0.15, 0.2) is 12.5 Å². The van der Waals surface area contributed by atoms with Crippen LogP contribution in [0.1, 0.15) is 12.1 Å². The van der Waals surface area contributed by atoms with Gasteiger partial charge in [-0.2, -0.15) is 0 Å². The molecule has 0 bridgehead atoms. The van der Waals surface area contributed by atoms with E-state index >= 15 is 0 Å². The summed E-state index contributed by atoms with van der Waals surface area (Å²) in [5.41, 5.74) is 0.968. The standard InChI is InChI=1S/C7H8N2OS/c10-7(4-11)2-1-6-3-8-5-9-6/h3-5H,1-2H2,(H,8,9). The summed E-state index contributed by atoms with van der Waals surface area (Å²) in [6, 6.07) is 0. The van der Waals surface area contributed by atoms with Crippen LogP contribution in [0.4, 0.5) is 0 Å². The number of aryl methyl sites for hydroxylation is 1. The Labute approximate surface area is 69.8 Å². The highest BCUT2D eigenvalue weighted by Crippen LogP contribution is 1.96. The molecule has 0 aliphatic carbocycles. The van der Waals surface area contributed by atoms with Crippen molar-refractivity contribution in [2.75, 3.05) is 0 Å². The molecular weight excluding hydrogens is 160 g/mol. The van der Waals surface area contributed by atoms with Crippen LogP contribution < -0.4 is 0 Å². The highest BCUT2D eigenvalue weighted by molar-refractivity contribution is 7.80. The average molecular weight is 168 g/mol. The number of carbonyl (C=O) groups excluding carboxylic acids is 1. The maximum Gasteiger partial charge on any atom is 0.166 e. The van der Waals surface area contributed by atoms with E-state index in [9.17, 15) is 4.79 Å². The second-order valence-electron chi connectivity index (χ2n) is 2.16. The Hall–Kier alpha value is -1.03. The Bertz CT molecular complexity index is 243. The molecule has 3 nitrogen and oxygen atoms in total. The Morgan fingerprint density at radius 1 is 1.82 bits per heavy atom. The number of H-pyrrole nitrogens is 1. The van der Waals surface area contributed by atoms with Crippen LogP contribution in [-0.4, -0.2) is 21.1 Å². The fraction of sp³-hybridized carbons (Fsp3) is 0.286. The number of aromatic amines is 1. The number of hydrogen-bond acceptors (Lipinski definition) is 3. The van der Waals surface area contributed by atoms with Gasteiger partial charge in [-0.15, -0.1) is 0 Å². The van der Waals surface area contributed by atoms with E-state index in [1.807, 2.05) is 0 Å². The highest BCUT2D eigenvalue weighted by Gasteiger charge is 1.98. The number of rotatable bonds is 4. The van der Waals surface area contributed by atoms with Gasteiger partial charge in [0.25, 0.3) is 0 Å². The molecule has 1 aromatic rings. The average Bonchev–Trinajstić information content (AvgIpc) is 2.52. The molecule has 0 aromatic carbocycles. The van der Waals surface area contributed by atoms with Crippen molar-refractivity contribution in [3.05, 3.63) is 18.2 Å². The Kier molecular flexibility index (Phi) is 2.92. The van der Waals surface area contributed by atoms with Crippen LogP contribution in [-0.2, 0) is 11.2 Å². The minimum Gasteiger partial charge on any atom is -0.348 e. The largest absolute Gasteiger partial charge is 0.348 e. The molecule has 1 heterocycles. The predicted octanol–water partition coefficient (Wildman–Crippen LogP) is 0.911. The van der Waals surface area contributed by atoms with Gasteiger partial charge in [0.1, 0.15) is 0 Å². The first kappa shape index (κ1) is 8.07. The summed E-state index contributed by atoms with van der Waals surface area (Å²) in [5, 5.41) is 1.18. The summed E-state index contributed by atoms with van der Waals surface area (Å²) in [6.07, 6.45) is 4.45. The van der Waals surface area contributed by atoms with Gasteiger partial charge >= 0.3 is 0 Å². The molecule has 1 N–H and O–H groups in total. The SMILES string of the molecule is O=C(C=S)CCc1cnc[nH]1. The third-order valence-electron chi connectivity index (χ3n) is 1.33. The molecule has 11 heavy (non-hydrogen) atoms. The molecule has 0 aliphatic heterocycles. The molecule has 0 saturated heterocycles. The molecule has 0 saturated carbocycles. The number of ketones is 1. The van der Waals surface area contributed by atoms with E-state index in [4.69, 9.17) is 0 Å². The van der Waals surface area contributed by atoms with Crippen molar-refractivity contribution in [1.82, 2.24) is 9.97 Å². The fourth-order valence-electron chi connectivity index (χ4n) is 0.738. The number of nitrogens with one attached hydrogen (secondary N) is 1. The number of aromatic nitrogens is 2. The number of Topliss-reactive ketones (excluding diaryl/α,β-unsaturated/α-hetero) is 1. The van der Waals surface area contributed by atoms with E-state index in [2.05, 4.69) is 22.2 Å². The second-order valence-corrected chi connectivity index (χ2v) is 2.40. The molecular formula is C7H8N2OS. The van der Waals surface area contributed by atoms with Gasteiger partial charge in [0.05, 0.1) is 6.33 Å². The molecule has 0 unspecified atom stereocenters. The molecule has 4 heteroatoms. The number of carbonyl (C=O) groups is 1. The summed E-state index contributed by atoms with van der Waals surface area (Å²) in [7, 11) is 0. The van der Waals surface area contributed by atoms with Crippen molar-refractivity contribution in [1.29, 1.82) is 0 Å². The zero-order valence-electron chi connectivity index (χ0n) is 5.91. The van der Waals surface area contributed by atoms with Crippen LogP contribution in [0.3, 0.4) is 0 Å². The van der Waals surface area contributed by atoms with E-state index in [-0.39, 0.29) is 5.78 Å². The normalized spacial score (nSPS) is 9.45. The molecule has 0 aliphatic rings. The van der Waals surface area contributed by atoms with Gasteiger partial charge in [-0.25, -0.2) is 4.98 Å². The number of hydrogen-bond donors (Lipinski definition) is 1. The Morgan fingerprint density at radius 2 is 2.64 bits per heavy atom. The van der Waals surface area contributed by atoms with Gasteiger partial charge in [0.2, 0.25) is 0 Å². The van der Waals surface area contributed by atoms with Crippen molar-refractivity contribution in [3.63, 3.8) is 0 Å². The van der Waals surface area contributed by atoms with E-state index < -0.39 is 0 Å². The monoisotopic (exact) mass is 168 g/mol.